The molecule has 1 aromatic carbocycles. The highest BCUT2D eigenvalue weighted by atomic mass is 16.2. The molecule has 5 heteroatoms. The van der Waals surface area contributed by atoms with Gasteiger partial charge < -0.3 is 15.6 Å². The van der Waals surface area contributed by atoms with Gasteiger partial charge in [-0.2, -0.15) is 0 Å². The summed E-state index contributed by atoms with van der Waals surface area (Å²) in [5, 5.41) is 6.52. The Balaban J connectivity index is 2.31. The standard InChI is InChI=1S/C29H37N3O2/c1-9-29(7,8)26-23(16-24-28(34)30-19(6)27(33)31-24)22-15-13-20(12-10-17(2)3)21(25(22)32-26)14-11-18(4)5/h9-11,13,15-16,19,32H,1,12,14H2,2-8H3,(H,30,34)(H,31,33). The second-order valence-corrected chi connectivity index (χ2v) is 10.2. The van der Waals surface area contributed by atoms with Crippen molar-refractivity contribution in [1.82, 2.24) is 15.6 Å². The SMILES string of the molecule is C=CC(C)(C)c1[nH]c2c(CC=C(C)C)c(CC=C(C)C)ccc2c1C=C1NC(=O)C(C)NC1=O. The molecule has 1 fully saturated rings. The molecule has 3 N–H and O–H groups in total. The van der Waals surface area contributed by atoms with E-state index in [4.69, 9.17) is 0 Å². The molecule has 0 aliphatic carbocycles. The molecule has 2 aromatic rings. The summed E-state index contributed by atoms with van der Waals surface area (Å²) in [7, 11) is 0. The molecule has 1 saturated heterocycles. The molecule has 3 rings (SSSR count). The lowest BCUT2D eigenvalue weighted by Gasteiger charge is -2.23. The van der Waals surface area contributed by atoms with Crippen LogP contribution < -0.4 is 10.6 Å². The van der Waals surface area contributed by atoms with Crippen molar-refractivity contribution in [3.05, 3.63) is 76.2 Å². The van der Waals surface area contributed by atoms with E-state index in [1.165, 1.54) is 22.3 Å². The van der Waals surface area contributed by atoms with Crippen molar-refractivity contribution >= 4 is 28.8 Å². The first kappa shape index (κ1) is 25.3. The molecule has 0 bridgehead atoms. The summed E-state index contributed by atoms with van der Waals surface area (Å²) in [6.45, 7) is 18.3. The van der Waals surface area contributed by atoms with E-state index in [9.17, 15) is 9.59 Å². The predicted molar refractivity (Wildman–Crippen MR) is 142 cm³/mol. The highest BCUT2D eigenvalue weighted by molar-refractivity contribution is 6.08. The van der Waals surface area contributed by atoms with E-state index in [1.54, 1.807) is 13.0 Å². The van der Waals surface area contributed by atoms with Crippen LogP contribution in [0.15, 0.2) is 53.8 Å². The molecule has 5 nitrogen and oxygen atoms in total. The van der Waals surface area contributed by atoms with E-state index >= 15 is 0 Å². The predicted octanol–water partition coefficient (Wildman–Crippen LogP) is 5.62. The van der Waals surface area contributed by atoms with Crippen molar-refractivity contribution in [2.24, 2.45) is 0 Å². The number of aromatic amines is 1. The average Bonchev–Trinajstić information content (AvgIpc) is 3.13. The number of fused-ring (bicyclic) bond motifs is 1. The number of benzene rings is 1. The van der Waals surface area contributed by atoms with Gasteiger partial charge in [-0.15, -0.1) is 6.58 Å². The van der Waals surface area contributed by atoms with Crippen molar-refractivity contribution in [2.75, 3.05) is 0 Å². The third-order valence-electron chi connectivity index (χ3n) is 6.35. The maximum atomic E-state index is 12.7. The van der Waals surface area contributed by atoms with Crippen molar-refractivity contribution in [1.29, 1.82) is 0 Å². The number of carbonyl (C=O) groups excluding carboxylic acids is 2. The Morgan fingerprint density at radius 2 is 1.71 bits per heavy atom. The number of H-pyrrole nitrogens is 1. The summed E-state index contributed by atoms with van der Waals surface area (Å²) in [6, 6.07) is 3.75. The minimum atomic E-state index is -0.551. The van der Waals surface area contributed by atoms with Crippen LogP contribution in [-0.2, 0) is 27.8 Å². The molecule has 1 unspecified atom stereocenters. The number of hydrogen-bond acceptors (Lipinski definition) is 2. The van der Waals surface area contributed by atoms with E-state index in [1.807, 2.05) is 6.08 Å². The zero-order chi connectivity index (χ0) is 25.2. The number of piperazine rings is 1. The van der Waals surface area contributed by atoms with Crippen LogP contribution in [0.2, 0.25) is 0 Å². The molecule has 1 aromatic heterocycles. The first-order valence-electron chi connectivity index (χ1n) is 11.8. The van der Waals surface area contributed by atoms with Crippen molar-refractivity contribution < 1.29 is 9.59 Å². The third kappa shape index (κ3) is 5.24. The summed E-state index contributed by atoms with van der Waals surface area (Å²) in [4.78, 5) is 28.6. The summed E-state index contributed by atoms with van der Waals surface area (Å²) in [5.41, 5.74) is 7.86. The van der Waals surface area contributed by atoms with Crippen LogP contribution in [0.4, 0.5) is 0 Å². The molecule has 2 amide bonds. The lowest BCUT2D eigenvalue weighted by Crippen LogP contribution is -2.53. The summed E-state index contributed by atoms with van der Waals surface area (Å²) in [5.74, 6) is -0.503. The van der Waals surface area contributed by atoms with Gasteiger partial charge in [-0.25, -0.2) is 0 Å². The molecule has 2 heterocycles. The van der Waals surface area contributed by atoms with E-state index in [2.05, 4.69) is 88.0 Å². The Labute approximate surface area is 203 Å². The molecule has 0 radical (unpaired) electrons. The molecule has 1 aliphatic rings. The first-order chi connectivity index (χ1) is 15.9. The fourth-order valence-electron chi connectivity index (χ4n) is 4.07. The van der Waals surface area contributed by atoms with Gasteiger partial charge in [0, 0.05) is 22.1 Å². The van der Waals surface area contributed by atoms with Crippen LogP contribution in [0.25, 0.3) is 17.0 Å². The Kier molecular flexibility index (Phi) is 7.35. The fraction of sp³-hybridized carbons (Fsp3) is 0.379. The molecule has 0 saturated carbocycles. The summed E-state index contributed by atoms with van der Waals surface area (Å²) >= 11 is 0. The van der Waals surface area contributed by atoms with Crippen molar-refractivity contribution in [3.63, 3.8) is 0 Å². The summed E-state index contributed by atoms with van der Waals surface area (Å²) < 4.78 is 0. The van der Waals surface area contributed by atoms with Gasteiger partial charge in [-0.05, 0) is 64.7 Å². The van der Waals surface area contributed by atoms with E-state index < -0.39 is 6.04 Å². The molecule has 1 aliphatic heterocycles. The number of nitrogens with one attached hydrogen (secondary N) is 3. The summed E-state index contributed by atoms with van der Waals surface area (Å²) in [6.07, 6.45) is 9.85. The highest BCUT2D eigenvalue weighted by Crippen LogP contribution is 2.36. The Hall–Kier alpha value is -3.34. The van der Waals surface area contributed by atoms with Gasteiger partial charge in [0.15, 0.2) is 0 Å². The number of allylic oxidation sites excluding steroid dienone is 5. The molecule has 34 heavy (non-hydrogen) atoms. The smallest absolute Gasteiger partial charge is 0.268 e. The van der Waals surface area contributed by atoms with Gasteiger partial charge in [0.05, 0.1) is 5.52 Å². The maximum Gasteiger partial charge on any atom is 0.268 e. The van der Waals surface area contributed by atoms with Gasteiger partial charge in [-0.3, -0.25) is 9.59 Å². The van der Waals surface area contributed by atoms with Gasteiger partial charge in [0.1, 0.15) is 11.7 Å². The number of rotatable bonds is 7. The molecular formula is C29H37N3O2. The lowest BCUT2D eigenvalue weighted by atomic mass is 9.86. The van der Waals surface area contributed by atoms with Gasteiger partial charge in [-0.1, -0.05) is 55.4 Å². The van der Waals surface area contributed by atoms with Crippen LogP contribution in [0.5, 0.6) is 0 Å². The third-order valence-corrected chi connectivity index (χ3v) is 6.35. The van der Waals surface area contributed by atoms with Crippen molar-refractivity contribution in [2.45, 2.75) is 72.8 Å². The van der Waals surface area contributed by atoms with Crippen LogP contribution in [0, 0.1) is 0 Å². The number of carbonyl (C=O) groups is 2. The quantitative estimate of drug-likeness (QED) is 0.371. The van der Waals surface area contributed by atoms with E-state index in [0.29, 0.717) is 0 Å². The largest absolute Gasteiger partial charge is 0.357 e. The second kappa shape index (κ2) is 9.88. The monoisotopic (exact) mass is 459 g/mol. The highest BCUT2D eigenvalue weighted by Gasteiger charge is 2.29. The molecule has 0 spiro atoms. The van der Waals surface area contributed by atoms with Gasteiger partial charge >= 0.3 is 0 Å². The number of hydrogen-bond donors (Lipinski definition) is 3. The average molecular weight is 460 g/mol. The number of amides is 2. The molecular weight excluding hydrogens is 422 g/mol. The van der Waals surface area contributed by atoms with Crippen LogP contribution >= 0.6 is 0 Å². The van der Waals surface area contributed by atoms with Crippen molar-refractivity contribution in [3.8, 4) is 0 Å². The maximum absolute atomic E-state index is 12.7. The van der Waals surface area contributed by atoms with Crippen LogP contribution in [0.1, 0.15) is 70.9 Å². The van der Waals surface area contributed by atoms with Crippen LogP contribution in [-0.4, -0.2) is 22.8 Å². The topological polar surface area (TPSA) is 74.0 Å². The molecule has 1 atom stereocenters. The van der Waals surface area contributed by atoms with Gasteiger partial charge in [0.2, 0.25) is 5.91 Å². The minimum absolute atomic E-state index is 0.219. The Morgan fingerprint density at radius 3 is 2.32 bits per heavy atom. The normalized spacial score (nSPS) is 17.4. The fourth-order valence-corrected chi connectivity index (χ4v) is 4.07. The Bertz CT molecular complexity index is 1230. The second-order valence-electron chi connectivity index (χ2n) is 10.2. The minimum Gasteiger partial charge on any atom is -0.357 e. The number of aromatic nitrogens is 1. The molecule has 180 valence electrons. The first-order valence-corrected chi connectivity index (χ1v) is 11.8. The van der Waals surface area contributed by atoms with E-state index in [-0.39, 0.29) is 22.9 Å². The van der Waals surface area contributed by atoms with E-state index in [0.717, 1.165) is 35.0 Å². The Morgan fingerprint density at radius 1 is 1.06 bits per heavy atom. The zero-order valence-electron chi connectivity index (χ0n) is 21.5. The zero-order valence-corrected chi connectivity index (χ0v) is 21.5. The lowest BCUT2D eigenvalue weighted by molar-refractivity contribution is -0.130. The van der Waals surface area contributed by atoms with Crippen LogP contribution in [0.3, 0.4) is 0 Å². The van der Waals surface area contributed by atoms with Gasteiger partial charge in [0.25, 0.3) is 5.91 Å².